The number of halogens is 2. The van der Waals surface area contributed by atoms with Crippen molar-refractivity contribution in [3.63, 3.8) is 0 Å². The molecule has 0 aromatic heterocycles. The van der Waals surface area contributed by atoms with Crippen LogP contribution in [-0.2, 0) is 14.3 Å². The van der Waals surface area contributed by atoms with E-state index in [0.29, 0.717) is 27.0 Å². The maximum absolute atomic E-state index is 13.1. The summed E-state index contributed by atoms with van der Waals surface area (Å²) in [5.41, 5.74) is 1.52. The summed E-state index contributed by atoms with van der Waals surface area (Å²) in [5.74, 6) is -0.680. The van der Waals surface area contributed by atoms with E-state index in [4.69, 9.17) is 21.1 Å². The molecule has 8 heteroatoms. The molecule has 0 unspecified atom stereocenters. The minimum atomic E-state index is -0.768. The molecule has 0 aliphatic heterocycles. The van der Waals surface area contributed by atoms with Gasteiger partial charge in [0.2, 0.25) is 0 Å². The molecule has 1 saturated carbocycles. The van der Waals surface area contributed by atoms with Crippen LogP contribution in [0.3, 0.4) is 0 Å². The first kappa shape index (κ1) is 27.2. The number of carbonyl (C=O) groups is 3. The van der Waals surface area contributed by atoms with Gasteiger partial charge in [0.25, 0.3) is 5.91 Å². The number of carbonyl (C=O) groups excluding carboxylic acids is 3. The van der Waals surface area contributed by atoms with Crippen LogP contribution in [0.4, 0.5) is 5.69 Å². The lowest BCUT2D eigenvalue weighted by atomic mass is 9.75. The average Bonchev–Trinajstić information content (AvgIpc) is 2.80. The molecule has 3 rings (SSSR count). The number of esters is 2. The highest BCUT2D eigenvalue weighted by atomic mass is 79.9. The molecule has 6 nitrogen and oxygen atoms in total. The molecule has 0 radical (unpaired) electrons. The number of rotatable bonds is 7. The number of hydrogen-bond donors (Lipinski definition) is 1. The number of benzene rings is 2. The van der Waals surface area contributed by atoms with Gasteiger partial charge in [0.15, 0.2) is 6.61 Å². The molecule has 1 aliphatic rings. The molecule has 0 bridgehead atoms. The Kier molecular flexibility index (Phi) is 9.36. The number of anilines is 1. The number of nitrogens with one attached hydrogen (secondary N) is 1. The number of hydrogen-bond acceptors (Lipinski definition) is 5. The van der Waals surface area contributed by atoms with Crippen molar-refractivity contribution in [3.8, 4) is 0 Å². The fraction of sp³-hybridized carbons (Fsp3) is 0.444. The summed E-state index contributed by atoms with van der Waals surface area (Å²) >= 11 is 9.43. The van der Waals surface area contributed by atoms with Gasteiger partial charge < -0.3 is 14.8 Å². The molecule has 0 spiro atoms. The first-order valence-electron chi connectivity index (χ1n) is 11.8. The predicted molar refractivity (Wildman–Crippen MR) is 140 cm³/mol. The Labute approximate surface area is 219 Å². The highest BCUT2D eigenvalue weighted by molar-refractivity contribution is 9.10. The largest absolute Gasteiger partial charge is 0.458 e. The number of aryl methyl sites for hydroxylation is 1. The third kappa shape index (κ3) is 7.07. The summed E-state index contributed by atoms with van der Waals surface area (Å²) in [5, 5.41) is 3.13. The van der Waals surface area contributed by atoms with Gasteiger partial charge in [-0.15, -0.1) is 0 Å². The Hall–Kier alpha value is -2.38. The maximum atomic E-state index is 13.1. The van der Waals surface area contributed by atoms with Gasteiger partial charge in [0.05, 0.1) is 16.1 Å². The van der Waals surface area contributed by atoms with Crippen LogP contribution < -0.4 is 5.32 Å². The molecular formula is C27H31BrClNO5. The lowest BCUT2D eigenvalue weighted by Gasteiger charge is -2.36. The Morgan fingerprint density at radius 2 is 1.77 bits per heavy atom. The summed E-state index contributed by atoms with van der Waals surface area (Å²) in [7, 11) is 0. The minimum Gasteiger partial charge on any atom is -0.458 e. The van der Waals surface area contributed by atoms with Gasteiger partial charge in [-0.2, -0.15) is 0 Å². The molecule has 2 aromatic carbocycles. The number of amides is 1. The summed E-state index contributed by atoms with van der Waals surface area (Å²) in [4.78, 5) is 38.2. The Balaban J connectivity index is 1.65. The second-order valence-electron chi connectivity index (χ2n) is 9.52. The van der Waals surface area contributed by atoms with E-state index in [1.165, 1.54) is 6.07 Å². The van der Waals surface area contributed by atoms with Crippen molar-refractivity contribution in [2.24, 2.45) is 17.8 Å². The molecular weight excluding hydrogens is 534 g/mol. The lowest BCUT2D eigenvalue weighted by molar-refractivity contribution is -0.119. The van der Waals surface area contributed by atoms with Gasteiger partial charge in [0, 0.05) is 10.2 Å². The van der Waals surface area contributed by atoms with Gasteiger partial charge in [-0.25, -0.2) is 9.59 Å². The van der Waals surface area contributed by atoms with Crippen molar-refractivity contribution in [1.29, 1.82) is 0 Å². The van der Waals surface area contributed by atoms with Gasteiger partial charge >= 0.3 is 11.9 Å². The Morgan fingerprint density at radius 3 is 2.43 bits per heavy atom. The van der Waals surface area contributed by atoms with E-state index in [1.807, 2.05) is 6.92 Å². The van der Waals surface area contributed by atoms with Crippen molar-refractivity contribution >= 4 is 51.1 Å². The summed E-state index contributed by atoms with van der Waals surface area (Å²) in [6.45, 7) is 7.76. The van der Waals surface area contributed by atoms with Crippen molar-refractivity contribution in [2.45, 2.75) is 53.1 Å². The second-order valence-corrected chi connectivity index (χ2v) is 10.8. The lowest BCUT2D eigenvalue weighted by Crippen LogP contribution is -2.36. The molecule has 35 heavy (non-hydrogen) atoms. The first-order chi connectivity index (χ1) is 16.6. The van der Waals surface area contributed by atoms with Crippen LogP contribution in [0.15, 0.2) is 40.9 Å². The van der Waals surface area contributed by atoms with Gasteiger partial charge in [-0.3, -0.25) is 4.79 Å². The van der Waals surface area contributed by atoms with E-state index in [2.05, 4.69) is 42.0 Å². The maximum Gasteiger partial charge on any atom is 0.339 e. The predicted octanol–water partition coefficient (Wildman–Crippen LogP) is 6.82. The van der Waals surface area contributed by atoms with Crippen molar-refractivity contribution in [2.75, 3.05) is 11.9 Å². The fourth-order valence-electron chi connectivity index (χ4n) is 4.47. The third-order valence-corrected chi connectivity index (χ3v) is 7.66. The van der Waals surface area contributed by atoms with Crippen molar-refractivity contribution < 1.29 is 23.9 Å². The van der Waals surface area contributed by atoms with Crippen molar-refractivity contribution in [1.82, 2.24) is 0 Å². The highest BCUT2D eigenvalue weighted by Crippen LogP contribution is 2.36. The standard InChI is InChI=1S/C27H31BrClNO5/c1-15(2)18-10-9-16(3)11-24(18)35-27(33)20-8-6-5-7-19(20)26(32)34-14-25(31)30-23-13-22(29)21(28)12-17(23)4/h5-8,12-13,15-16,18,24H,9-11,14H2,1-4H3,(H,30,31)/t16-,18-,24+/m0/s1. The number of ether oxygens (including phenoxy) is 2. The first-order valence-corrected chi connectivity index (χ1v) is 13.0. The second kappa shape index (κ2) is 12.0. The van der Waals surface area contributed by atoms with E-state index in [1.54, 1.807) is 30.3 Å². The third-order valence-electron chi connectivity index (χ3n) is 6.46. The summed E-state index contributed by atoms with van der Waals surface area (Å²) in [6, 6.07) is 9.75. The normalized spacial score (nSPS) is 19.8. The minimum absolute atomic E-state index is 0.0677. The quantitative estimate of drug-likeness (QED) is 0.373. The zero-order valence-electron chi connectivity index (χ0n) is 20.4. The van der Waals surface area contributed by atoms with Crippen LogP contribution in [0.1, 0.15) is 66.3 Å². The molecule has 1 fully saturated rings. The Morgan fingerprint density at radius 1 is 1.11 bits per heavy atom. The molecule has 0 saturated heterocycles. The zero-order chi connectivity index (χ0) is 25.7. The van der Waals surface area contributed by atoms with Gasteiger partial charge in [0.1, 0.15) is 6.10 Å². The van der Waals surface area contributed by atoms with Crippen LogP contribution in [-0.4, -0.2) is 30.6 Å². The van der Waals surface area contributed by atoms with E-state index in [0.717, 1.165) is 24.8 Å². The van der Waals surface area contributed by atoms with Crippen LogP contribution in [0, 0.1) is 24.7 Å². The van der Waals surface area contributed by atoms with E-state index in [-0.39, 0.29) is 23.1 Å². The van der Waals surface area contributed by atoms with Gasteiger partial charge in [-0.1, -0.05) is 50.9 Å². The molecule has 0 heterocycles. The fourth-order valence-corrected chi connectivity index (χ4v) is 5.09. The molecule has 188 valence electrons. The monoisotopic (exact) mass is 563 g/mol. The topological polar surface area (TPSA) is 81.7 Å². The average molecular weight is 565 g/mol. The SMILES string of the molecule is Cc1cc(Br)c(Cl)cc1NC(=O)COC(=O)c1ccccc1C(=O)O[C@@H]1C[C@@H](C)CC[C@H]1C(C)C. The van der Waals surface area contributed by atoms with Crippen LogP contribution in [0.25, 0.3) is 0 Å². The van der Waals surface area contributed by atoms with Crippen molar-refractivity contribution in [3.05, 3.63) is 62.6 Å². The van der Waals surface area contributed by atoms with Crippen LogP contribution >= 0.6 is 27.5 Å². The molecule has 2 aromatic rings. The van der Waals surface area contributed by atoms with Crippen LogP contribution in [0.2, 0.25) is 5.02 Å². The Bertz CT molecular complexity index is 1100. The molecule has 1 aliphatic carbocycles. The molecule has 1 N–H and O–H groups in total. The summed E-state index contributed by atoms with van der Waals surface area (Å²) < 4.78 is 11.8. The smallest absolute Gasteiger partial charge is 0.339 e. The zero-order valence-corrected chi connectivity index (χ0v) is 22.7. The van der Waals surface area contributed by atoms with E-state index >= 15 is 0 Å². The summed E-state index contributed by atoms with van der Waals surface area (Å²) in [6.07, 6.45) is 2.75. The highest BCUT2D eigenvalue weighted by Gasteiger charge is 2.34. The molecule has 1 amide bonds. The molecule has 3 atom stereocenters. The van der Waals surface area contributed by atoms with E-state index in [9.17, 15) is 14.4 Å². The van der Waals surface area contributed by atoms with Gasteiger partial charge in [-0.05, 0) is 83.3 Å². The van der Waals surface area contributed by atoms with Crippen LogP contribution in [0.5, 0.6) is 0 Å². The van der Waals surface area contributed by atoms with E-state index < -0.39 is 24.5 Å².